The normalized spacial score (nSPS) is 11.6. The van der Waals surface area contributed by atoms with Crippen molar-refractivity contribution in [2.75, 3.05) is 5.32 Å². The molecule has 0 fully saturated rings. The Hall–Kier alpha value is -1.34. The molecule has 1 aromatic heterocycles. The van der Waals surface area contributed by atoms with Gasteiger partial charge >= 0.3 is 6.18 Å². The summed E-state index contributed by atoms with van der Waals surface area (Å²) in [6, 6.07) is 7.46. The zero-order chi connectivity index (χ0) is 13.9. The van der Waals surface area contributed by atoms with Crippen molar-refractivity contribution in [3.05, 3.63) is 40.4 Å². The third-order valence-electron chi connectivity index (χ3n) is 2.26. The van der Waals surface area contributed by atoms with Crippen molar-refractivity contribution in [1.29, 1.82) is 0 Å². The Morgan fingerprint density at radius 3 is 2.58 bits per heavy atom. The molecule has 3 nitrogen and oxygen atoms in total. The summed E-state index contributed by atoms with van der Waals surface area (Å²) >= 11 is 6.19. The van der Waals surface area contributed by atoms with E-state index >= 15 is 0 Å². The van der Waals surface area contributed by atoms with Crippen LogP contribution in [0.2, 0.25) is 0 Å². The fourth-order valence-corrected chi connectivity index (χ4v) is 2.18. The largest absolute Gasteiger partial charge is 0.445 e. The summed E-state index contributed by atoms with van der Waals surface area (Å²) in [5, 5.41) is 8.54. The average Bonchev–Trinajstić information content (AvgIpc) is 2.85. The Balaban J connectivity index is 2.00. The summed E-state index contributed by atoms with van der Waals surface area (Å²) in [5.41, 5.74) is 1.87. The molecule has 0 bridgehead atoms. The summed E-state index contributed by atoms with van der Waals surface area (Å²) in [4.78, 5) is 0. The molecule has 1 N–H and O–H groups in total. The molecule has 0 atom stereocenters. The van der Waals surface area contributed by atoms with Gasteiger partial charge in [0, 0.05) is 12.4 Å². The van der Waals surface area contributed by atoms with Crippen LogP contribution in [-0.2, 0) is 18.6 Å². The van der Waals surface area contributed by atoms with Crippen LogP contribution < -0.4 is 5.32 Å². The standard InChI is InChI=1S/C11H9ClF3N3S/c12-5-7-2-1-3-8(4-7)6-16-10-18-17-9(19-10)11(13,14)15/h1-4H,5-6H2,(H,16,18). The minimum absolute atomic E-state index is 0.142. The highest BCUT2D eigenvalue weighted by atomic mass is 35.5. The van der Waals surface area contributed by atoms with Gasteiger partial charge in [0.2, 0.25) is 10.1 Å². The van der Waals surface area contributed by atoms with E-state index in [9.17, 15) is 13.2 Å². The average molecular weight is 308 g/mol. The third kappa shape index (κ3) is 3.81. The number of nitrogens with zero attached hydrogens (tertiary/aromatic N) is 2. The lowest BCUT2D eigenvalue weighted by Crippen LogP contribution is -2.03. The van der Waals surface area contributed by atoms with E-state index in [1.165, 1.54) is 0 Å². The maximum atomic E-state index is 12.3. The fraction of sp³-hybridized carbons (Fsp3) is 0.273. The second-order valence-electron chi connectivity index (χ2n) is 3.72. The molecule has 2 aromatic rings. The van der Waals surface area contributed by atoms with Gasteiger partial charge in [-0.3, -0.25) is 0 Å². The second-order valence-corrected chi connectivity index (χ2v) is 4.96. The molecule has 19 heavy (non-hydrogen) atoms. The van der Waals surface area contributed by atoms with E-state index in [0.717, 1.165) is 11.1 Å². The van der Waals surface area contributed by atoms with Crippen LogP contribution in [0.5, 0.6) is 0 Å². The van der Waals surface area contributed by atoms with Gasteiger partial charge in [-0.15, -0.1) is 21.8 Å². The first-order chi connectivity index (χ1) is 8.99. The Labute approximate surface area is 116 Å². The van der Waals surface area contributed by atoms with Crippen molar-refractivity contribution >= 4 is 28.1 Å². The van der Waals surface area contributed by atoms with Crippen LogP contribution in [-0.4, -0.2) is 10.2 Å². The van der Waals surface area contributed by atoms with Crippen LogP contribution in [0.4, 0.5) is 18.3 Å². The Morgan fingerprint density at radius 2 is 1.95 bits per heavy atom. The highest BCUT2D eigenvalue weighted by molar-refractivity contribution is 7.15. The molecule has 0 aliphatic rings. The number of anilines is 1. The summed E-state index contributed by atoms with van der Waals surface area (Å²) in [6.45, 7) is 0.372. The molecule has 0 aliphatic carbocycles. The van der Waals surface area contributed by atoms with E-state index in [4.69, 9.17) is 11.6 Å². The first-order valence-electron chi connectivity index (χ1n) is 5.27. The van der Waals surface area contributed by atoms with Crippen molar-refractivity contribution in [2.24, 2.45) is 0 Å². The Kier molecular flexibility index (Phi) is 4.26. The number of alkyl halides is 4. The summed E-state index contributed by atoms with van der Waals surface area (Å²) in [7, 11) is 0. The lowest BCUT2D eigenvalue weighted by atomic mass is 10.1. The molecule has 0 radical (unpaired) electrons. The van der Waals surface area contributed by atoms with Crippen LogP contribution in [0.15, 0.2) is 24.3 Å². The molecule has 0 saturated carbocycles. The van der Waals surface area contributed by atoms with Crippen molar-refractivity contribution in [1.82, 2.24) is 10.2 Å². The molecule has 0 saturated heterocycles. The predicted molar refractivity (Wildman–Crippen MR) is 68.2 cm³/mol. The van der Waals surface area contributed by atoms with E-state index in [-0.39, 0.29) is 5.13 Å². The van der Waals surface area contributed by atoms with Crippen LogP contribution in [0, 0.1) is 0 Å². The molecule has 0 amide bonds. The number of halogens is 4. The summed E-state index contributed by atoms with van der Waals surface area (Å²) in [5.74, 6) is 0.394. The minimum atomic E-state index is -4.45. The van der Waals surface area contributed by atoms with E-state index in [1.807, 2.05) is 24.3 Å². The first-order valence-corrected chi connectivity index (χ1v) is 6.62. The van der Waals surface area contributed by atoms with Gasteiger partial charge in [0.05, 0.1) is 0 Å². The SMILES string of the molecule is FC(F)(F)c1nnc(NCc2cccc(CCl)c2)s1. The zero-order valence-electron chi connectivity index (χ0n) is 9.54. The molecule has 0 aliphatic heterocycles. The smallest absolute Gasteiger partial charge is 0.356 e. The molecule has 2 rings (SSSR count). The number of rotatable bonds is 4. The highest BCUT2D eigenvalue weighted by Crippen LogP contribution is 2.33. The van der Waals surface area contributed by atoms with Crippen molar-refractivity contribution in [2.45, 2.75) is 18.6 Å². The monoisotopic (exact) mass is 307 g/mol. The number of nitrogens with one attached hydrogen (secondary N) is 1. The van der Waals surface area contributed by atoms with Gasteiger partial charge in [0.1, 0.15) is 0 Å². The summed E-state index contributed by atoms with van der Waals surface area (Å²) in [6.07, 6.45) is -4.45. The molecule has 8 heteroatoms. The number of hydrogen-bond donors (Lipinski definition) is 1. The third-order valence-corrected chi connectivity index (χ3v) is 3.49. The van der Waals surface area contributed by atoms with Gasteiger partial charge < -0.3 is 5.32 Å². The number of benzene rings is 1. The molecule has 1 heterocycles. The van der Waals surface area contributed by atoms with E-state index < -0.39 is 11.2 Å². The van der Waals surface area contributed by atoms with Gasteiger partial charge in [0.15, 0.2) is 0 Å². The van der Waals surface area contributed by atoms with Gasteiger partial charge in [0.25, 0.3) is 0 Å². The van der Waals surface area contributed by atoms with Crippen molar-refractivity contribution < 1.29 is 13.2 Å². The maximum absolute atomic E-state index is 12.3. The maximum Gasteiger partial charge on any atom is 0.445 e. The second kappa shape index (κ2) is 5.75. The lowest BCUT2D eigenvalue weighted by Gasteiger charge is -2.04. The van der Waals surface area contributed by atoms with Crippen molar-refractivity contribution in [3.8, 4) is 0 Å². The van der Waals surface area contributed by atoms with E-state index in [2.05, 4.69) is 15.5 Å². The zero-order valence-corrected chi connectivity index (χ0v) is 11.1. The number of aromatic nitrogens is 2. The van der Waals surface area contributed by atoms with Crippen LogP contribution in [0.3, 0.4) is 0 Å². The van der Waals surface area contributed by atoms with Gasteiger partial charge in [-0.2, -0.15) is 13.2 Å². The van der Waals surface area contributed by atoms with E-state index in [0.29, 0.717) is 23.8 Å². The van der Waals surface area contributed by atoms with Crippen LogP contribution >= 0.6 is 22.9 Å². The lowest BCUT2D eigenvalue weighted by molar-refractivity contribution is -0.138. The molecule has 0 unspecified atom stereocenters. The van der Waals surface area contributed by atoms with Crippen molar-refractivity contribution in [3.63, 3.8) is 0 Å². The van der Waals surface area contributed by atoms with Crippen LogP contribution in [0.25, 0.3) is 0 Å². The Morgan fingerprint density at radius 1 is 1.21 bits per heavy atom. The Bertz CT molecular complexity index is 556. The summed E-state index contributed by atoms with van der Waals surface area (Å²) < 4.78 is 37.0. The van der Waals surface area contributed by atoms with Gasteiger partial charge in [-0.25, -0.2) is 0 Å². The topological polar surface area (TPSA) is 37.8 Å². The predicted octanol–water partition coefficient (Wildman–Crippen LogP) is 3.91. The van der Waals surface area contributed by atoms with Gasteiger partial charge in [-0.05, 0) is 11.1 Å². The molecule has 1 aromatic carbocycles. The molecule has 0 spiro atoms. The van der Waals surface area contributed by atoms with Crippen LogP contribution in [0.1, 0.15) is 16.1 Å². The highest BCUT2D eigenvalue weighted by Gasteiger charge is 2.35. The van der Waals surface area contributed by atoms with E-state index in [1.54, 1.807) is 0 Å². The first kappa shape index (κ1) is 14.1. The quantitative estimate of drug-likeness (QED) is 0.870. The molecule has 102 valence electrons. The van der Waals surface area contributed by atoms with Gasteiger partial charge in [-0.1, -0.05) is 35.6 Å². The molecular formula is C11H9ClF3N3S. The molecular weight excluding hydrogens is 299 g/mol. The fourth-order valence-electron chi connectivity index (χ4n) is 1.41. The number of hydrogen-bond acceptors (Lipinski definition) is 4. The minimum Gasteiger partial charge on any atom is -0.356 e.